The second kappa shape index (κ2) is 4.63. The van der Waals surface area contributed by atoms with Crippen molar-refractivity contribution in [3.8, 4) is 0 Å². The van der Waals surface area contributed by atoms with Crippen LogP contribution in [0.25, 0.3) is 5.65 Å². The van der Waals surface area contributed by atoms with Gasteiger partial charge in [0, 0.05) is 12.6 Å². The highest BCUT2D eigenvalue weighted by Crippen LogP contribution is 2.29. The van der Waals surface area contributed by atoms with E-state index in [1.165, 1.54) is 12.1 Å². The van der Waals surface area contributed by atoms with Gasteiger partial charge in [-0.3, -0.25) is 4.40 Å². The molecule has 20 heavy (non-hydrogen) atoms. The SMILES string of the molecule is FC(F)(F)c1ccc(Cc2nnc3ccccn23)cc1. The lowest BCUT2D eigenvalue weighted by Crippen LogP contribution is -2.04. The second-order valence-electron chi connectivity index (χ2n) is 4.42. The van der Waals surface area contributed by atoms with Crippen LogP contribution >= 0.6 is 0 Å². The van der Waals surface area contributed by atoms with Crippen LogP contribution in [-0.4, -0.2) is 14.6 Å². The number of nitrogens with zero attached hydrogens (tertiary/aromatic N) is 3. The molecule has 0 amide bonds. The standard InChI is InChI=1S/C14H10F3N3/c15-14(16,17)11-6-4-10(5-7-11)9-13-19-18-12-3-1-2-8-20(12)13/h1-8H,9H2. The highest BCUT2D eigenvalue weighted by Gasteiger charge is 2.29. The van der Waals surface area contributed by atoms with Gasteiger partial charge in [-0.1, -0.05) is 18.2 Å². The molecule has 0 N–H and O–H groups in total. The molecule has 0 fully saturated rings. The number of rotatable bonds is 2. The third kappa shape index (κ3) is 2.36. The van der Waals surface area contributed by atoms with Gasteiger partial charge in [-0.05, 0) is 29.8 Å². The summed E-state index contributed by atoms with van der Waals surface area (Å²) >= 11 is 0. The number of hydrogen-bond donors (Lipinski definition) is 0. The number of benzene rings is 1. The lowest BCUT2D eigenvalue weighted by molar-refractivity contribution is -0.137. The van der Waals surface area contributed by atoms with Gasteiger partial charge in [0.05, 0.1) is 5.56 Å². The average molecular weight is 277 g/mol. The zero-order valence-electron chi connectivity index (χ0n) is 10.3. The summed E-state index contributed by atoms with van der Waals surface area (Å²) < 4.78 is 39.3. The van der Waals surface area contributed by atoms with E-state index in [9.17, 15) is 13.2 Å². The summed E-state index contributed by atoms with van der Waals surface area (Å²) in [5, 5.41) is 8.06. The number of hydrogen-bond acceptors (Lipinski definition) is 2. The van der Waals surface area contributed by atoms with Crippen molar-refractivity contribution in [3.05, 3.63) is 65.6 Å². The van der Waals surface area contributed by atoms with Crippen molar-refractivity contribution in [2.24, 2.45) is 0 Å². The largest absolute Gasteiger partial charge is 0.416 e. The van der Waals surface area contributed by atoms with E-state index < -0.39 is 11.7 Å². The summed E-state index contributed by atoms with van der Waals surface area (Å²) in [7, 11) is 0. The first-order valence-corrected chi connectivity index (χ1v) is 5.99. The predicted molar refractivity (Wildman–Crippen MR) is 67.2 cm³/mol. The predicted octanol–water partition coefficient (Wildman–Crippen LogP) is 3.34. The maximum atomic E-state index is 12.5. The molecule has 0 saturated heterocycles. The highest BCUT2D eigenvalue weighted by molar-refractivity contribution is 5.38. The molecule has 0 atom stereocenters. The van der Waals surface area contributed by atoms with Gasteiger partial charge >= 0.3 is 6.18 Å². The van der Waals surface area contributed by atoms with Gasteiger partial charge < -0.3 is 0 Å². The number of pyridine rings is 1. The summed E-state index contributed by atoms with van der Waals surface area (Å²) in [6, 6.07) is 10.6. The van der Waals surface area contributed by atoms with Crippen LogP contribution in [0, 0.1) is 0 Å². The summed E-state index contributed by atoms with van der Waals surface area (Å²) in [6.45, 7) is 0. The Labute approximate surface area is 112 Å². The van der Waals surface area contributed by atoms with E-state index in [0.29, 0.717) is 12.2 Å². The molecular weight excluding hydrogens is 267 g/mol. The first-order valence-electron chi connectivity index (χ1n) is 5.99. The molecule has 102 valence electrons. The zero-order chi connectivity index (χ0) is 14.2. The Hall–Kier alpha value is -2.37. The van der Waals surface area contributed by atoms with Crippen molar-refractivity contribution in [3.63, 3.8) is 0 Å². The van der Waals surface area contributed by atoms with Crippen LogP contribution in [0.3, 0.4) is 0 Å². The van der Waals surface area contributed by atoms with E-state index in [4.69, 9.17) is 0 Å². The molecular formula is C14H10F3N3. The number of alkyl halides is 3. The third-order valence-corrected chi connectivity index (χ3v) is 3.03. The molecule has 6 heteroatoms. The van der Waals surface area contributed by atoms with Gasteiger partial charge in [0.2, 0.25) is 0 Å². The quantitative estimate of drug-likeness (QED) is 0.719. The Morgan fingerprint density at radius 1 is 0.950 bits per heavy atom. The smallest absolute Gasteiger partial charge is 0.286 e. The molecule has 0 aliphatic heterocycles. The first-order chi connectivity index (χ1) is 9.54. The van der Waals surface area contributed by atoms with Gasteiger partial charge in [-0.15, -0.1) is 10.2 Å². The number of halogens is 3. The van der Waals surface area contributed by atoms with Crippen molar-refractivity contribution in [2.75, 3.05) is 0 Å². The van der Waals surface area contributed by atoms with Gasteiger partial charge in [-0.25, -0.2) is 0 Å². The summed E-state index contributed by atoms with van der Waals surface area (Å²) in [4.78, 5) is 0. The van der Waals surface area contributed by atoms with Crippen molar-refractivity contribution >= 4 is 5.65 Å². The van der Waals surface area contributed by atoms with Crippen LogP contribution in [0.15, 0.2) is 48.7 Å². The van der Waals surface area contributed by atoms with E-state index in [0.717, 1.165) is 23.3 Å². The Morgan fingerprint density at radius 2 is 1.70 bits per heavy atom. The monoisotopic (exact) mass is 277 g/mol. The summed E-state index contributed by atoms with van der Waals surface area (Å²) in [5.41, 5.74) is 0.831. The molecule has 1 aromatic carbocycles. The molecule has 0 saturated carbocycles. The first kappa shape index (κ1) is 12.7. The van der Waals surface area contributed by atoms with Crippen molar-refractivity contribution < 1.29 is 13.2 Å². The lowest BCUT2D eigenvalue weighted by Gasteiger charge is -2.07. The van der Waals surface area contributed by atoms with Crippen molar-refractivity contribution in [1.29, 1.82) is 0 Å². The molecule has 0 aliphatic carbocycles. The Kier molecular flexibility index (Phi) is 2.93. The molecule has 2 heterocycles. The van der Waals surface area contributed by atoms with Crippen LogP contribution in [0.1, 0.15) is 17.0 Å². The minimum absolute atomic E-state index is 0.434. The average Bonchev–Trinajstić information content (AvgIpc) is 2.82. The second-order valence-corrected chi connectivity index (χ2v) is 4.42. The van der Waals surface area contributed by atoms with Crippen LogP contribution in [0.2, 0.25) is 0 Å². The Bertz CT molecular complexity index is 729. The van der Waals surface area contributed by atoms with E-state index in [1.54, 1.807) is 0 Å². The molecule has 3 nitrogen and oxygen atoms in total. The van der Waals surface area contributed by atoms with Gasteiger partial charge in [-0.2, -0.15) is 13.2 Å². The van der Waals surface area contributed by atoms with Crippen LogP contribution in [0.5, 0.6) is 0 Å². The normalized spacial score (nSPS) is 11.9. The van der Waals surface area contributed by atoms with Crippen molar-refractivity contribution in [2.45, 2.75) is 12.6 Å². The fourth-order valence-electron chi connectivity index (χ4n) is 2.01. The lowest BCUT2D eigenvalue weighted by atomic mass is 10.1. The minimum atomic E-state index is -4.31. The fraction of sp³-hybridized carbons (Fsp3) is 0.143. The van der Waals surface area contributed by atoms with Gasteiger partial charge in [0.15, 0.2) is 5.65 Å². The van der Waals surface area contributed by atoms with Gasteiger partial charge in [0.1, 0.15) is 5.82 Å². The summed E-state index contributed by atoms with van der Waals surface area (Å²) in [6.07, 6.45) is -2.04. The van der Waals surface area contributed by atoms with Crippen LogP contribution < -0.4 is 0 Å². The number of fused-ring (bicyclic) bond motifs is 1. The van der Waals surface area contributed by atoms with Crippen LogP contribution in [-0.2, 0) is 12.6 Å². The topological polar surface area (TPSA) is 30.2 Å². The van der Waals surface area contributed by atoms with Crippen molar-refractivity contribution in [1.82, 2.24) is 14.6 Å². The van der Waals surface area contributed by atoms with E-state index >= 15 is 0 Å². The Balaban J connectivity index is 1.88. The molecule has 0 radical (unpaired) electrons. The molecule has 2 aromatic heterocycles. The number of aromatic nitrogens is 3. The minimum Gasteiger partial charge on any atom is -0.286 e. The highest BCUT2D eigenvalue weighted by atomic mass is 19.4. The molecule has 0 spiro atoms. The van der Waals surface area contributed by atoms with Gasteiger partial charge in [0.25, 0.3) is 0 Å². The molecule has 3 rings (SSSR count). The van der Waals surface area contributed by atoms with E-state index in [1.807, 2.05) is 28.8 Å². The third-order valence-electron chi connectivity index (χ3n) is 3.03. The van der Waals surface area contributed by atoms with E-state index in [-0.39, 0.29) is 0 Å². The molecule has 3 aromatic rings. The zero-order valence-corrected chi connectivity index (χ0v) is 10.3. The van der Waals surface area contributed by atoms with Crippen LogP contribution in [0.4, 0.5) is 13.2 Å². The molecule has 0 unspecified atom stereocenters. The summed E-state index contributed by atoms with van der Waals surface area (Å²) in [5.74, 6) is 0.695. The molecule has 0 aliphatic rings. The fourth-order valence-corrected chi connectivity index (χ4v) is 2.01. The van der Waals surface area contributed by atoms with E-state index in [2.05, 4.69) is 10.2 Å². The maximum absolute atomic E-state index is 12.5. The Morgan fingerprint density at radius 3 is 2.40 bits per heavy atom. The molecule has 0 bridgehead atoms. The maximum Gasteiger partial charge on any atom is 0.416 e.